The maximum atomic E-state index is 11.9. The molecule has 0 aliphatic carbocycles. The van der Waals surface area contributed by atoms with Crippen LogP contribution in [0.1, 0.15) is 19.3 Å². The molecular weight excluding hydrogens is 273 g/mol. The van der Waals surface area contributed by atoms with Crippen molar-refractivity contribution in [1.29, 1.82) is 0 Å². The Balaban J connectivity index is 2.12. The Hall–Kier alpha value is -0.970. The normalized spacial score (nSPS) is 17.9. The van der Waals surface area contributed by atoms with E-state index >= 15 is 0 Å². The first kappa shape index (κ1) is 13.5. The first-order valence-corrected chi connectivity index (χ1v) is 6.64. The van der Waals surface area contributed by atoms with Crippen LogP contribution in [0.3, 0.4) is 0 Å². The zero-order valence-electron chi connectivity index (χ0n) is 9.80. The van der Waals surface area contributed by atoms with E-state index < -0.39 is 0 Å². The van der Waals surface area contributed by atoms with E-state index in [-0.39, 0.29) is 11.9 Å². The molecule has 0 saturated carbocycles. The second-order valence-electron chi connectivity index (χ2n) is 4.28. The summed E-state index contributed by atoms with van der Waals surface area (Å²) in [4.78, 5) is 11.9. The molecule has 1 aromatic rings. The number of nitrogens with two attached hydrogens (primary N) is 1. The fourth-order valence-electron chi connectivity index (χ4n) is 1.94. The summed E-state index contributed by atoms with van der Waals surface area (Å²) >= 11 is 11.9. The average molecular weight is 288 g/mol. The first-order valence-electron chi connectivity index (χ1n) is 5.88. The van der Waals surface area contributed by atoms with Crippen molar-refractivity contribution in [3.8, 4) is 0 Å². The molecule has 2 rings (SSSR count). The summed E-state index contributed by atoms with van der Waals surface area (Å²) in [5.41, 5.74) is 6.92. The Kier molecular flexibility index (Phi) is 4.32. The minimum atomic E-state index is -0.235. The predicted molar refractivity (Wildman–Crippen MR) is 75.4 cm³/mol. The SMILES string of the molecule is NCCCC[C@@H]1Nc2cc(Cl)c(Cl)cc2NC1=O. The van der Waals surface area contributed by atoms with Gasteiger partial charge in [-0.3, -0.25) is 4.79 Å². The molecule has 98 valence electrons. The number of amides is 1. The molecule has 18 heavy (non-hydrogen) atoms. The van der Waals surface area contributed by atoms with Crippen LogP contribution < -0.4 is 16.4 Å². The summed E-state index contributed by atoms with van der Waals surface area (Å²) in [6.07, 6.45) is 2.58. The highest BCUT2D eigenvalue weighted by Gasteiger charge is 2.25. The number of benzene rings is 1. The molecule has 1 atom stereocenters. The summed E-state index contributed by atoms with van der Waals surface area (Å²) in [5, 5.41) is 6.91. The second-order valence-corrected chi connectivity index (χ2v) is 5.10. The molecule has 1 aromatic carbocycles. The predicted octanol–water partition coefficient (Wildman–Crippen LogP) is 2.86. The minimum Gasteiger partial charge on any atom is -0.372 e. The molecule has 1 aliphatic rings. The molecule has 0 aromatic heterocycles. The Morgan fingerprint density at radius 1 is 1.17 bits per heavy atom. The van der Waals surface area contributed by atoms with E-state index in [0.29, 0.717) is 22.3 Å². The third kappa shape index (κ3) is 2.88. The molecule has 0 radical (unpaired) electrons. The highest BCUT2D eigenvalue weighted by molar-refractivity contribution is 6.42. The molecule has 0 spiro atoms. The van der Waals surface area contributed by atoms with Gasteiger partial charge in [-0.1, -0.05) is 23.2 Å². The number of nitrogens with one attached hydrogen (secondary N) is 2. The number of unbranched alkanes of at least 4 members (excludes halogenated alkanes) is 1. The molecule has 4 nitrogen and oxygen atoms in total. The van der Waals surface area contributed by atoms with E-state index in [2.05, 4.69) is 10.6 Å². The smallest absolute Gasteiger partial charge is 0.246 e. The van der Waals surface area contributed by atoms with Gasteiger partial charge in [-0.05, 0) is 37.9 Å². The molecule has 4 N–H and O–H groups in total. The number of rotatable bonds is 4. The fourth-order valence-corrected chi connectivity index (χ4v) is 2.27. The van der Waals surface area contributed by atoms with Crippen molar-refractivity contribution >= 4 is 40.5 Å². The van der Waals surface area contributed by atoms with E-state index in [9.17, 15) is 4.79 Å². The van der Waals surface area contributed by atoms with Crippen LogP contribution in [0.15, 0.2) is 12.1 Å². The summed E-state index contributed by atoms with van der Waals surface area (Å²) in [6.45, 7) is 0.645. The van der Waals surface area contributed by atoms with Crippen molar-refractivity contribution in [3.05, 3.63) is 22.2 Å². The zero-order chi connectivity index (χ0) is 13.1. The molecule has 1 amide bonds. The van der Waals surface area contributed by atoms with Crippen LogP contribution in [0.5, 0.6) is 0 Å². The Morgan fingerprint density at radius 2 is 1.83 bits per heavy atom. The Morgan fingerprint density at radius 3 is 2.50 bits per heavy atom. The Bertz CT molecular complexity index is 465. The van der Waals surface area contributed by atoms with Crippen molar-refractivity contribution < 1.29 is 4.79 Å². The van der Waals surface area contributed by atoms with Gasteiger partial charge in [0.2, 0.25) is 5.91 Å². The lowest BCUT2D eigenvalue weighted by Gasteiger charge is -2.27. The third-order valence-electron chi connectivity index (χ3n) is 2.91. The first-order chi connectivity index (χ1) is 8.61. The van der Waals surface area contributed by atoms with Gasteiger partial charge in [0.15, 0.2) is 0 Å². The third-order valence-corrected chi connectivity index (χ3v) is 3.63. The lowest BCUT2D eigenvalue weighted by molar-refractivity contribution is -0.117. The van der Waals surface area contributed by atoms with Gasteiger partial charge in [0.25, 0.3) is 0 Å². The van der Waals surface area contributed by atoms with Crippen LogP contribution in [0.4, 0.5) is 11.4 Å². The van der Waals surface area contributed by atoms with Gasteiger partial charge < -0.3 is 16.4 Å². The molecule has 0 fully saturated rings. The van der Waals surface area contributed by atoms with E-state index in [4.69, 9.17) is 28.9 Å². The quantitative estimate of drug-likeness (QED) is 0.746. The topological polar surface area (TPSA) is 67.2 Å². The van der Waals surface area contributed by atoms with Crippen LogP contribution in [0.25, 0.3) is 0 Å². The van der Waals surface area contributed by atoms with Gasteiger partial charge in [0, 0.05) is 0 Å². The Labute approximate surface area is 116 Å². The van der Waals surface area contributed by atoms with Crippen molar-refractivity contribution in [1.82, 2.24) is 0 Å². The van der Waals surface area contributed by atoms with Gasteiger partial charge in [-0.25, -0.2) is 0 Å². The largest absolute Gasteiger partial charge is 0.372 e. The van der Waals surface area contributed by atoms with Crippen molar-refractivity contribution in [2.75, 3.05) is 17.2 Å². The van der Waals surface area contributed by atoms with Crippen LogP contribution in [-0.2, 0) is 4.79 Å². The molecule has 1 heterocycles. The molecule has 6 heteroatoms. The molecule has 0 unspecified atom stereocenters. The highest BCUT2D eigenvalue weighted by atomic mass is 35.5. The zero-order valence-corrected chi connectivity index (χ0v) is 11.3. The highest BCUT2D eigenvalue weighted by Crippen LogP contribution is 2.35. The standard InChI is InChI=1S/C12H15Cl2N3O/c13-7-5-10-11(6-8(7)14)17-12(18)9(16-10)3-1-2-4-15/h5-6,9,16H,1-4,15H2,(H,17,18)/t9-/m0/s1. The maximum Gasteiger partial charge on any atom is 0.246 e. The summed E-state index contributed by atoms with van der Waals surface area (Å²) < 4.78 is 0. The number of hydrogen-bond donors (Lipinski definition) is 3. The van der Waals surface area contributed by atoms with Crippen molar-refractivity contribution in [3.63, 3.8) is 0 Å². The van der Waals surface area contributed by atoms with Crippen molar-refractivity contribution in [2.45, 2.75) is 25.3 Å². The summed E-state index contributed by atoms with van der Waals surface area (Å²) in [7, 11) is 0. The van der Waals surface area contributed by atoms with Gasteiger partial charge in [-0.15, -0.1) is 0 Å². The number of hydrogen-bond acceptors (Lipinski definition) is 3. The van der Waals surface area contributed by atoms with E-state index in [0.717, 1.165) is 24.9 Å². The van der Waals surface area contributed by atoms with Crippen molar-refractivity contribution in [2.24, 2.45) is 5.73 Å². The molecule has 0 bridgehead atoms. The lowest BCUT2D eigenvalue weighted by Crippen LogP contribution is -2.38. The molecule has 1 aliphatic heterocycles. The van der Waals surface area contributed by atoms with E-state index in [1.807, 2.05) is 0 Å². The fraction of sp³-hybridized carbons (Fsp3) is 0.417. The van der Waals surface area contributed by atoms with Crippen LogP contribution in [-0.4, -0.2) is 18.5 Å². The molecular formula is C12H15Cl2N3O. The van der Waals surface area contributed by atoms with E-state index in [1.165, 1.54) is 0 Å². The number of carbonyl (C=O) groups is 1. The number of anilines is 2. The molecule has 0 saturated heterocycles. The van der Waals surface area contributed by atoms with E-state index in [1.54, 1.807) is 12.1 Å². The van der Waals surface area contributed by atoms with Gasteiger partial charge in [0.05, 0.1) is 21.4 Å². The average Bonchev–Trinajstić information content (AvgIpc) is 2.33. The van der Waals surface area contributed by atoms with Gasteiger partial charge >= 0.3 is 0 Å². The van der Waals surface area contributed by atoms with Crippen LogP contribution in [0.2, 0.25) is 10.0 Å². The number of fused-ring (bicyclic) bond motifs is 1. The second kappa shape index (κ2) is 5.78. The maximum absolute atomic E-state index is 11.9. The van der Waals surface area contributed by atoms with Crippen LogP contribution in [0, 0.1) is 0 Å². The lowest BCUT2D eigenvalue weighted by atomic mass is 10.1. The number of carbonyl (C=O) groups excluding carboxylic acids is 1. The summed E-state index contributed by atoms with van der Waals surface area (Å²) in [6, 6.07) is 3.15. The minimum absolute atomic E-state index is 0.0436. The van der Waals surface area contributed by atoms with Crippen LogP contribution >= 0.6 is 23.2 Å². The summed E-state index contributed by atoms with van der Waals surface area (Å²) in [5.74, 6) is -0.0436. The van der Waals surface area contributed by atoms with Gasteiger partial charge in [-0.2, -0.15) is 0 Å². The monoisotopic (exact) mass is 287 g/mol. The van der Waals surface area contributed by atoms with Gasteiger partial charge in [0.1, 0.15) is 6.04 Å². The number of halogens is 2.